The van der Waals surface area contributed by atoms with E-state index in [9.17, 15) is 0 Å². The van der Waals surface area contributed by atoms with E-state index in [0.29, 0.717) is 12.1 Å². The van der Waals surface area contributed by atoms with E-state index in [2.05, 4.69) is 44.4 Å². The summed E-state index contributed by atoms with van der Waals surface area (Å²) in [6.07, 6.45) is 0. The molecule has 5 heteroatoms. The zero-order valence-electron chi connectivity index (χ0n) is 10.3. The summed E-state index contributed by atoms with van der Waals surface area (Å²) in [4.78, 5) is 4.48. The first-order valence-electron chi connectivity index (χ1n) is 4.46. The molecule has 0 spiro atoms. The number of rotatable bonds is 0. The molecule has 1 saturated heterocycles. The predicted octanol–water partition coefficient (Wildman–Crippen LogP) is 2.94. The first-order valence-corrected chi connectivity index (χ1v) is 9.94. The van der Waals surface area contributed by atoms with Gasteiger partial charge in [-0.05, 0) is 26.2 Å². The van der Waals surface area contributed by atoms with E-state index in [0.717, 1.165) is 0 Å². The third kappa shape index (κ3) is 7.02. The van der Waals surface area contributed by atoms with Gasteiger partial charge in [0, 0.05) is 0 Å². The molecule has 0 saturated carbocycles. The van der Waals surface area contributed by atoms with Crippen molar-refractivity contribution < 1.29 is 13.5 Å². The number of nitrogens with zero attached hydrogens (tertiary/aromatic N) is 2. The smallest absolute Gasteiger partial charge is 0.358 e. The van der Waals surface area contributed by atoms with Crippen LogP contribution in [0.25, 0.3) is 0 Å². The van der Waals surface area contributed by atoms with Gasteiger partial charge in [-0.15, -0.1) is 0 Å². The number of hydrogen-bond donors (Lipinski definition) is 0. The minimum absolute atomic E-state index is 0. The molecule has 96 valence electrons. The fourth-order valence-corrected chi connectivity index (χ4v) is 1.18. The van der Waals surface area contributed by atoms with Crippen LogP contribution in [0.3, 0.4) is 0 Å². The molecule has 2 atom stereocenters. The molecule has 1 aliphatic heterocycles. The molecule has 0 aromatic heterocycles. The summed E-state index contributed by atoms with van der Waals surface area (Å²) in [5.41, 5.74) is 0. The Morgan fingerprint density at radius 3 is 1.47 bits per heavy atom. The molecule has 0 radical (unpaired) electrons. The molecule has 1 rings (SSSR count). The number of likely N-dealkylation sites (N-methyl/N-ethyl adjacent to an activating group) is 2. The zero-order valence-corrected chi connectivity index (χ0v) is 13.6. The second-order valence-electron chi connectivity index (χ2n) is 3.34. The maximum absolute atomic E-state index is 5.32. The maximum Gasteiger partial charge on any atom is -0.358 e. The molecule has 0 aromatic carbocycles. The Hall–Kier alpha value is 0.993. The Balaban J connectivity index is 0. The van der Waals surface area contributed by atoms with E-state index in [1.54, 1.807) is 0 Å². The second-order valence-corrected chi connectivity index (χ2v) is 9.56. The third-order valence-corrected chi connectivity index (χ3v) is 5.09. The third-order valence-electron chi connectivity index (χ3n) is 2.50. The fourth-order valence-electron chi connectivity index (χ4n) is 1.18. The van der Waals surface area contributed by atoms with E-state index in [-0.39, 0.29) is 7.43 Å². The van der Waals surface area contributed by atoms with Crippen molar-refractivity contribution in [2.24, 2.45) is 0 Å². The van der Waals surface area contributed by atoms with Crippen LogP contribution in [0.15, 0.2) is 0 Å². The van der Waals surface area contributed by atoms with Gasteiger partial charge in [0.15, 0.2) is 0 Å². The van der Waals surface area contributed by atoms with Gasteiger partial charge in [0.05, 0.1) is 0 Å². The Labute approximate surface area is 108 Å². The van der Waals surface area contributed by atoms with E-state index >= 15 is 0 Å². The Morgan fingerprint density at radius 2 is 1.40 bits per heavy atom. The molecule has 1 aliphatic rings. The summed E-state index contributed by atoms with van der Waals surface area (Å²) in [5, 5.41) is 0. The van der Waals surface area contributed by atoms with Gasteiger partial charge in [0.1, 0.15) is 0 Å². The molecular weight excluding hydrogens is 320 g/mol. The van der Waals surface area contributed by atoms with Crippen molar-refractivity contribution in [3.63, 3.8) is 0 Å². The van der Waals surface area contributed by atoms with Crippen LogP contribution in [0.5, 0.6) is 0 Å². The number of hydrogen-bond acceptors (Lipinski definition) is 2. The van der Waals surface area contributed by atoms with Crippen molar-refractivity contribution in [3.05, 3.63) is 14.1 Å². The summed E-state index contributed by atoms with van der Waals surface area (Å²) in [6.45, 7) is 8.50. The van der Waals surface area contributed by atoms with Crippen molar-refractivity contribution >= 4 is 24.0 Å². The largest absolute Gasteiger partial charge is 0.358 e. The van der Waals surface area contributed by atoms with Crippen LogP contribution in [0.2, 0.25) is 0 Å². The molecular formula is C10H22Cl2N2Ru-2. The summed E-state index contributed by atoms with van der Waals surface area (Å²) in [6, 6.07) is 1.32. The molecule has 15 heavy (non-hydrogen) atoms. The topological polar surface area (TPSA) is 6.48 Å². The Morgan fingerprint density at radius 1 is 1.13 bits per heavy atom. The number of halogens is 2. The Kier molecular flexibility index (Phi) is 11.1. The Bertz CT molecular complexity index is 184. The second kappa shape index (κ2) is 9.07. The minimum Gasteiger partial charge on any atom is -0.358 e. The van der Waals surface area contributed by atoms with Crippen LogP contribution in [-0.4, -0.2) is 40.6 Å². The summed E-state index contributed by atoms with van der Waals surface area (Å²) in [7, 11) is 14.9. The first-order chi connectivity index (χ1) is 6.40. The van der Waals surface area contributed by atoms with Crippen molar-refractivity contribution in [1.82, 2.24) is 9.80 Å². The van der Waals surface area contributed by atoms with Crippen LogP contribution in [0.4, 0.5) is 0 Å². The van der Waals surface area contributed by atoms with Crippen LogP contribution in [0.1, 0.15) is 20.8 Å². The van der Waals surface area contributed by atoms with Crippen molar-refractivity contribution in [3.8, 4) is 0 Å². The van der Waals surface area contributed by atoms with Crippen LogP contribution >= 0.6 is 19.4 Å². The van der Waals surface area contributed by atoms with Gasteiger partial charge in [0.25, 0.3) is 0 Å². The van der Waals surface area contributed by atoms with Gasteiger partial charge < -0.3 is 17.2 Å². The zero-order chi connectivity index (χ0) is 11.3. The molecule has 0 aliphatic carbocycles. The molecule has 2 nitrogen and oxygen atoms in total. The maximum atomic E-state index is 5.32. The van der Waals surface area contributed by atoms with Crippen LogP contribution in [0, 0.1) is 14.1 Å². The average Bonchev–Trinajstić information content (AvgIpc) is 2.34. The van der Waals surface area contributed by atoms with Crippen molar-refractivity contribution in [1.29, 1.82) is 0 Å². The summed E-state index contributed by atoms with van der Waals surface area (Å²) >= 11 is -1.36. The fraction of sp³-hybridized carbons (Fsp3) is 0.700. The van der Waals surface area contributed by atoms with Gasteiger partial charge in [-0.3, -0.25) is 0 Å². The molecule has 0 N–H and O–H groups in total. The molecule has 2 unspecified atom stereocenters. The van der Waals surface area contributed by atoms with E-state index in [1.165, 1.54) is 0 Å². The van der Waals surface area contributed by atoms with E-state index in [1.807, 2.05) is 11.5 Å². The standard InChI is InChI=1S/C7H15N2.C2H4.CH3.2ClH.Ru/c1-6-7(2)9(4)5-8(6)3;1-2;;;;/h5-7H,1-4H3;1H,2H3;1H3;2*1H;/q-1;;-1;;;+2/p-2. The van der Waals surface area contributed by atoms with Gasteiger partial charge in [-0.2, -0.15) is 0 Å². The minimum atomic E-state index is -1.36. The molecule has 0 amide bonds. The molecule has 0 bridgehead atoms. The quantitative estimate of drug-likeness (QED) is 0.493. The van der Waals surface area contributed by atoms with Gasteiger partial charge >= 0.3 is 44.4 Å². The van der Waals surface area contributed by atoms with Crippen molar-refractivity contribution in [2.45, 2.75) is 32.9 Å². The predicted molar refractivity (Wildman–Crippen MR) is 68.6 cm³/mol. The summed E-state index contributed by atoms with van der Waals surface area (Å²) in [5.74, 6) is 0. The normalized spacial score (nSPS) is 27.5. The van der Waals surface area contributed by atoms with Crippen LogP contribution < -0.4 is 0 Å². The average molecular weight is 342 g/mol. The van der Waals surface area contributed by atoms with Crippen LogP contribution in [-0.2, 0) is 13.5 Å². The van der Waals surface area contributed by atoms with Gasteiger partial charge in [0.2, 0.25) is 0 Å². The molecule has 1 fully saturated rings. The van der Waals surface area contributed by atoms with Crippen molar-refractivity contribution in [2.75, 3.05) is 14.1 Å². The SMILES string of the molecule is CC1C(C)N(C)[CH-]N1C.C[CH]=[Ru]([Cl])[Cl].[CH3-]. The van der Waals surface area contributed by atoms with Gasteiger partial charge in [-0.25, -0.2) is 6.67 Å². The van der Waals surface area contributed by atoms with Gasteiger partial charge in [-0.1, -0.05) is 13.8 Å². The monoisotopic (exact) mass is 342 g/mol. The summed E-state index contributed by atoms with van der Waals surface area (Å²) < 4.78 is 1.84. The molecule has 1 heterocycles. The first kappa shape index (κ1) is 18.4. The van der Waals surface area contributed by atoms with E-state index in [4.69, 9.17) is 19.4 Å². The molecule has 0 aromatic rings. The van der Waals surface area contributed by atoms with E-state index < -0.39 is 13.5 Å².